The Morgan fingerprint density at radius 2 is 1.60 bits per heavy atom. The second-order valence-corrected chi connectivity index (χ2v) is 8.49. The predicted octanol–water partition coefficient (Wildman–Crippen LogP) is 5.82. The van der Waals surface area contributed by atoms with Crippen LogP contribution in [0.15, 0.2) is 71.6 Å². The molecule has 0 spiro atoms. The number of nitrogens with zero attached hydrogens (tertiary/aromatic N) is 1. The molecule has 0 amide bonds. The first kappa shape index (κ1) is 21.6. The summed E-state index contributed by atoms with van der Waals surface area (Å²) in [5.74, 6) is 0.642. The minimum absolute atomic E-state index is 0.0661. The molecule has 9 heteroatoms. The van der Waals surface area contributed by atoms with Gasteiger partial charge in [-0.25, -0.2) is 13.4 Å². The van der Waals surface area contributed by atoms with Gasteiger partial charge in [-0.15, -0.1) is 0 Å². The third-order valence-electron chi connectivity index (χ3n) is 4.13. The molecule has 2 aromatic carbocycles. The van der Waals surface area contributed by atoms with Gasteiger partial charge in [0.2, 0.25) is 0 Å². The van der Waals surface area contributed by atoms with E-state index in [9.17, 15) is 21.6 Å². The number of aromatic nitrogens is 1. The van der Waals surface area contributed by atoms with Crippen LogP contribution in [0.1, 0.15) is 31.0 Å². The Bertz CT molecular complexity index is 1130. The smallest absolute Gasteiger partial charge is 0.416 e. The van der Waals surface area contributed by atoms with Crippen molar-refractivity contribution in [1.82, 2.24) is 4.98 Å². The molecule has 3 aromatic rings. The van der Waals surface area contributed by atoms with Gasteiger partial charge in [-0.3, -0.25) is 4.72 Å². The zero-order valence-corrected chi connectivity index (χ0v) is 17.0. The first-order valence-corrected chi connectivity index (χ1v) is 10.5. The quantitative estimate of drug-likeness (QED) is 0.529. The van der Waals surface area contributed by atoms with Crippen LogP contribution in [0, 0.1) is 0 Å². The van der Waals surface area contributed by atoms with Crippen molar-refractivity contribution in [2.24, 2.45) is 0 Å². The fourth-order valence-electron chi connectivity index (χ4n) is 2.58. The van der Waals surface area contributed by atoms with Crippen LogP contribution in [0.2, 0.25) is 0 Å². The monoisotopic (exact) mass is 436 g/mol. The van der Waals surface area contributed by atoms with E-state index in [1.165, 1.54) is 36.4 Å². The number of hydrogen-bond donors (Lipinski definition) is 1. The summed E-state index contributed by atoms with van der Waals surface area (Å²) in [7, 11) is -3.94. The second kappa shape index (κ2) is 8.35. The van der Waals surface area contributed by atoms with Crippen molar-refractivity contribution in [3.8, 4) is 11.5 Å². The maximum atomic E-state index is 12.7. The molecular formula is C21H19F3N2O3S. The summed E-state index contributed by atoms with van der Waals surface area (Å²) < 4.78 is 71.3. The van der Waals surface area contributed by atoms with Gasteiger partial charge in [0.05, 0.1) is 10.5 Å². The molecule has 1 aromatic heterocycles. The number of alkyl halides is 3. The van der Waals surface area contributed by atoms with Crippen LogP contribution in [0.25, 0.3) is 0 Å². The second-order valence-electron chi connectivity index (χ2n) is 6.81. The maximum absolute atomic E-state index is 12.7. The lowest BCUT2D eigenvalue weighted by Gasteiger charge is -2.12. The largest absolute Gasteiger partial charge is 0.457 e. The van der Waals surface area contributed by atoms with E-state index >= 15 is 0 Å². The van der Waals surface area contributed by atoms with Crippen LogP contribution < -0.4 is 9.46 Å². The summed E-state index contributed by atoms with van der Waals surface area (Å²) in [4.78, 5) is 4.22. The topological polar surface area (TPSA) is 68.3 Å². The average molecular weight is 436 g/mol. The number of hydrogen-bond acceptors (Lipinski definition) is 4. The van der Waals surface area contributed by atoms with E-state index in [-0.39, 0.29) is 28.1 Å². The molecule has 0 aliphatic rings. The molecule has 0 saturated heterocycles. The highest BCUT2D eigenvalue weighted by Crippen LogP contribution is 2.32. The van der Waals surface area contributed by atoms with Gasteiger partial charge in [-0.05, 0) is 54.4 Å². The summed E-state index contributed by atoms with van der Waals surface area (Å²) in [6.45, 7) is 3.89. The molecule has 0 saturated carbocycles. The molecule has 0 fully saturated rings. The van der Waals surface area contributed by atoms with Gasteiger partial charge in [0.25, 0.3) is 10.0 Å². The van der Waals surface area contributed by atoms with E-state index in [1.54, 1.807) is 18.2 Å². The van der Waals surface area contributed by atoms with E-state index < -0.39 is 21.8 Å². The van der Waals surface area contributed by atoms with Gasteiger partial charge < -0.3 is 4.74 Å². The standard InChI is InChI=1S/C21H19F3N2O3S/c1-14(2)19-7-4-8-20(25-19)26-30(27,28)18-6-3-5-17(13-18)29-16-11-9-15(10-12-16)21(22,23)24/h3-14H,1-2H3,(H,25,26). The minimum Gasteiger partial charge on any atom is -0.457 e. The Morgan fingerprint density at radius 1 is 0.933 bits per heavy atom. The molecule has 158 valence electrons. The van der Waals surface area contributed by atoms with Crippen molar-refractivity contribution in [3.63, 3.8) is 0 Å². The summed E-state index contributed by atoms with van der Waals surface area (Å²) in [5, 5.41) is 0. The van der Waals surface area contributed by atoms with Crippen LogP contribution in [-0.4, -0.2) is 13.4 Å². The SMILES string of the molecule is CC(C)c1cccc(NS(=O)(=O)c2cccc(Oc3ccc(C(F)(F)F)cc3)c2)n1. The number of nitrogens with one attached hydrogen (secondary N) is 1. The van der Waals surface area contributed by atoms with E-state index in [0.29, 0.717) is 0 Å². The minimum atomic E-state index is -4.45. The van der Waals surface area contributed by atoms with Gasteiger partial charge in [0, 0.05) is 11.8 Å². The van der Waals surface area contributed by atoms with Gasteiger partial charge in [0.1, 0.15) is 17.3 Å². The van der Waals surface area contributed by atoms with Crippen molar-refractivity contribution in [2.75, 3.05) is 4.72 Å². The molecule has 0 bridgehead atoms. The van der Waals surface area contributed by atoms with Gasteiger partial charge in [0.15, 0.2) is 0 Å². The molecule has 3 rings (SSSR count). The molecule has 0 aliphatic heterocycles. The molecular weight excluding hydrogens is 417 g/mol. The number of halogens is 3. The van der Waals surface area contributed by atoms with Crippen molar-refractivity contribution in [2.45, 2.75) is 30.8 Å². The maximum Gasteiger partial charge on any atom is 0.416 e. The average Bonchev–Trinajstić information content (AvgIpc) is 2.68. The Hall–Kier alpha value is -3.07. The zero-order valence-electron chi connectivity index (χ0n) is 16.1. The fourth-order valence-corrected chi connectivity index (χ4v) is 3.62. The molecule has 0 atom stereocenters. The van der Waals surface area contributed by atoms with Crippen molar-refractivity contribution in [3.05, 3.63) is 78.0 Å². The lowest BCUT2D eigenvalue weighted by molar-refractivity contribution is -0.137. The van der Waals surface area contributed by atoms with E-state index in [4.69, 9.17) is 4.74 Å². The van der Waals surface area contributed by atoms with Crippen LogP contribution in [0.3, 0.4) is 0 Å². The lowest BCUT2D eigenvalue weighted by Crippen LogP contribution is -2.14. The third-order valence-corrected chi connectivity index (χ3v) is 5.49. The highest BCUT2D eigenvalue weighted by molar-refractivity contribution is 7.92. The normalized spacial score (nSPS) is 12.1. The van der Waals surface area contributed by atoms with Crippen molar-refractivity contribution in [1.29, 1.82) is 0 Å². The number of sulfonamides is 1. The summed E-state index contributed by atoms with van der Waals surface area (Å²) in [5.41, 5.74) is -0.0545. The highest BCUT2D eigenvalue weighted by Gasteiger charge is 2.30. The lowest BCUT2D eigenvalue weighted by atomic mass is 10.1. The van der Waals surface area contributed by atoms with Gasteiger partial charge in [-0.2, -0.15) is 13.2 Å². The predicted molar refractivity (Wildman–Crippen MR) is 107 cm³/mol. The first-order chi connectivity index (χ1) is 14.0. The number of rotatable bonds is 6. The zero-order chi connectivity index (χ0) is 21.9. The molecule has 0 radical (unpaired) electrons. The van der Waals surface area contributed by atoms with E-state index in [0.717, 1.165) is 17.8 Å². The number of benzene rings is 2. The number of ether oxygens (including phenoxy) is 1. The highest BCUT2D eigenvalue weighted by atomic mass is 32.2. The third kappa shape index (κ3) is 5.29. The molecule has 5 nitrogen and oxygen atoms in total. The van der Waals surface area contributed by atoms with Crippen LogP contribution >= 0.6 is 0 Å². The van der Waals surface area contributed by atoms with E-state index in [1.807, 2.05) is 13.8 Å². The van der Waals surface area contributed by atoms with Crippen LogP contribution in [0.4, 0.5) is 19.0 Å². The van der Waals surface area contributed by atoms with Gasteiger partial charge >= 0.3 is 6.18 Å². The summed E-state index contributed by atoms with van der Waals surface area (Å²) in [6.07, 6.45) is -4.45. The van der Waals surface area contributed by atoms with Crippen LogP contribution in [-0.2, 0) is 16.2 Å². The molecule has 0 unspecified atom stereocenters. The van der Waals surface area contributed by atoms with Crippen molar-refractivity contribution >= 4 is 15.8 Å². The van der Waals surface area contributed by atoms with Gasteiger partial charge in [-0.1, -0.05) is 26.0 Å². The molecule has 0 aliphatic carbocycles. The molecule has 1 heterocycles. The Balaban J connectivity index is 1.79. The fraction of sp³-hybridized carbons (Fsp3) is 0.190. The van der Waals surface area contributed by atoms with Crippen LogP contribution in [0.5, 0.6) is 11.5 Å². The summed E-state index contributed by atoms with van der Waals surface area (Å²) in [6, 6.07) is 14.8. The van der Waals surface area contributed by atoms with Crippen molar-refractivity contribution < 1.29 is 26.3 Å². The van der Waals surface area contributed by atoms with E-state index in [2.05, 4.69) is 9.71 Å². The number of anilines is 1. The Kier molecular flexibility index (Phi) is 6.02. The first-order valence-electron chi connectivity index (χ1n) is 8.99. The molecule has 30 heavy (non-hydrogen) atoms. The number of pyridine rings is 1. The Labute approximate surface area is 172 Å². The molecule has 1 N–H and O–H groups in total. The Morgan fingerprint density at radius 3 is 2.23 bits per heavy atom. The summed E-state index contributed by atoms with van der Waals surface area (Å²) >= 11 is 0.